The normalized spacial score (nSPS) is 18.8. The molecule has 1 aliphatic carbocycles. The van der Waals surface area contributed by atoms with Crippen LogP contribution < -0.4 is 9.64 Å². The van der Waals surface area contributed by atoms with E-state index in [9.17, 15) is 18.0 Å². The van der Waals surface area contributed by atoms with Gasteiger partial charge in [-0.15, -0.1) is 0 Å². The van der Waals surface area contributed by atoms with Crippen molar-refractivity contribution in [3.8, 4) is 17.2 Å². The molecule has 2 heterocycles. The molecular formula is C31H31N3O6S. The topological polar surface area (TPSA) is 110 Å². The summed E-state index contributed by atoms with van der Waals surface area (Å²) in [4.78, 5) is 32.9. The Morgan fingerprint density at radius 2 is 1.59 bits per heavy atom. The average Bonchev–Trinajstić information content (AvgIpc) is 3.42. The summed E-state index contributed by atoms with van der Waals surface area (Å²) in [6, 6.07) is 18.9. The number of imide groups is 1. The monoisotopic (exact) mass is 573 g/mol. The number of carbonyl (C=O) groups excluding carboxylic acids is 2. The molecule has 1 saturated heterocycles. The SMILES string of the molecule is COc1ccc(S(=O)(=O)N(C2CCCCCC2)C2CC(=O)N(c3ccc(-c4nc5ccccc5o4)cc3)C2=O)cc1. The van der Waals surface area contributed by atoms with Crippen molar-refractivity contribution in [2.75, 3.05) is 12.0 Å². The van der Waals surface area contributed by atoms with E-state index in [1.54, 1.807) is 36.4 Å². The highest BCUT2D eigenvalue weighted by Gasteiger charge is 2.49. The summed E-state index contributed by atoms with van der Waals surface area (Å²) in [7, 11) is -2.57. The summed E-state index contributed by atoms with van der Waals surface area (Å²) < 4.78 is 40.5. The van der Waals surface area contributed by atoms with Crippen LogP contribution in [0.5, 0.6) is 5.75 Å². The Morgan fingerprint density at radius 3 is 2.24 bits per heavy atom. The Labute approximate surface area is 238 Å². The van der Waals surface area contributed by atoms with E-state index in [0.29, 0.717) is 41.3 Å². The number of benzene rings is 3. The molecule has 1 aromatic heterocycles. The molecule has 3 aromatic carbocycles. The highest BCUT2D eigenvalue weighted by Crippen LogP contribution is 2.36. The van der Waals surface area contributed by atoms with Crippen molar-refractivity contribution in [1.82, 2.24) is 9.29 Å². The summed E-state index contributed by atoms with van der Waals surface area (Å²) in [6.07, 6.45) is 4.85. The number of aromatic nitrogens is 1. The molecule has 0 spiro atoms. The second-order valence-corrected chi connectivity index (χ2v) is 12.3. The molecular weight excluding hydrogens is 542 g/mol. The fourth-order valence-electron chi connectivity index (χ4n) is 5.83. The fourth-order valence-corrected chi connectivity index (χ4v) is 7.66. The van der Waals surface area contributed by atoms with Gasteiger partial charge in [-0.3, -0.25) is 9.59 Å². The quantitative estimate of drug-likeness (QED) is 0.211. The van der Waals surface area contributed by atoms with Crippen LogP contribution in [-0.4, -0.2) is 48.7 Å². The summed E-state index contributed by atoms with van der Waals surface area (Å²) in [5, 5.41) is 0. The third kappa shape index (κ3) is 5.13. The number of para-hydroxylation sites is 2. The number of carbonyl (C=O) groups is 2. The minimum Gasteiger partial charge on any atom is -0.497 e. The zero-order valence-corrected chi connectivity index (χ0v) is 23.5. The third-order valence-electron chi connectivity index (χ3n) is 7.92. The first kappa shape index (κ1) is 27.2. The lowest BCUT2D eigenvalue weighted by Gasteiger charge is -2.33. The number of anilines is 1. The first-order chi connectivity index (χ1) is 19.9. The maximum Gasteiger partial charge on any atom is 0.252 e. The standard InChI is InChI=1S/C31H31N3O6S/c1-39-24-16-18-25(19-17-24)41(37,38)34(23-8-4-2-3-5-9-23)27-20-29(35)33(31(27)36)22-14-12-21(13-15-22)30-32-26-10-6-7-11-28(26)40-30/h6-7,10-19,23,27H,2-5,8-9,20H2,1H3. The number of amides is 2. The summed E-state index contributed by atoms with van der Waals surface area (Å²) >= 11 is 0. The molecule has 2 aliphatic rings. The molecule has 2 fully saturated rings. The first-order valence-corrected chi connectivity index (χ1v) is 15.3. The second kappa shape index (κ2) is 11.1. The van der Waals surface area contributed by atoms with E-state index >= 15 is 0 Å². The molecule has 41 heavy (non-hydrogen) atoms. The fraction of sp³-hybridized carbons (Fsp3) is 0.323. The molecule has 1 atom stereocenters. The number of rotatable bonds is 7. The van der Waals surface area contributed by atoms with Crippen molar-refractivity contribution in [2.24, 2.45) is 0 Å². The van der Waals surface area contributed by atoms with Gasteiger partial charge >= 0.3 is 0 Å². The molecule has 0 N–H and O–H groups in total. The number of hydrogen-bond acceptors (Lipinski definition) is 7. The summed E-state index contributed by atoms with van der Waals surface area (Å²) in [5.74, 6) is -0.00603. The summed E-state index contributed by atoms with van der Waals surface area (Å²) in [5.41, 5.74) is 2.47. The van der Waals surface area contributed by atoms with E-state index in [1.165, 1.54) is 23.5 Å². The van der Waals surface area contributed by atoms with E-state index in [0.717, 1.165) is 36.1 Å². The third-order valence-corrected chi connectivity index (χ3v) is 9.89. The number of sulfonamides is 1. The van der Waals surface area contributed by atoms with Gasteiger partial charge in [0.1, 0.15) is 17.3 Å². The molecule has 4 aromatic rings. The maximum atomic E-state index is 14.1. The Balaban J connectivity index is 1.31. The van der Waals surface area contributed by atoms with E-state index in [2.05, 4.69) is 4.98 Å². The average molecular weight is 574 g/mol. The number of nitrogens with zero attached hydrogens (tertiary/aromatic N) is 3. The lowest BCUT2D eigenvalue weighted by molar-refractivity contribution is -0.122. The number of fused-ring (bicyclic) bond motifs is 1. The van der Waals surface area contributed by atoms with Gasteiger partial charge in [0, 0.05) is 11.6 Å². The van der Waals surface area contributed by atoms with Crippen molar-refractivity contribution in [1.29, 1.82) is 0 Å². The van der Waals surface area contributed by atoms with Gasteiger partial charge in [0.2, 0.25) is 21.8 Å². The highest BCUT2D eigenvalue weighted by molar-refractivity contribution is 7.89. The van der Waals surface area contributed by atoms with E-state index < -0.39 is 27.9 Å². The Kier molecular flexibility index (Phi) is 7.35. The molecule has 0 bridgehead atoms. The smallest absolute Gasteiger partial charge is 0.252 e. The van der Waals surface area contributed by atoms with E-state index in [-0.39, 0.29) is 17.4 Å². The van der Waals surface area contributed by atoms with Gasteiger partial charge < -0.3 is 9.15 Å². The van der Waals surface area contributed by atoms with Crippen LogP contribution in [0.1, 0.15) is 44.9 Å². The molecule has 9 nitrogen and oxygen atoms in total. The van der Waals surface area contributed by atoms with Crippen LogP contribution >= 0.6 is 0 Å². The molecule has 1 saturated carbocycles. The number of oxazole rings is 1. The van der Waals surface area contributed by atoms with Gasteiger partial charge in [0.25, 0.3) is 5.91 Å². The lowest BCUT2D eigenvalue weighted by atomic mass is 10.1. The van der Waals surface area contributed by atoms with E-state index in [4.69, 9.17) is 9.15 Å². The van der Waals surface area contributed by atoms with Crippen LogP contribution in [-0.2, 0) is 19.6 Å². The lowest BCUT2D eigenvalue weighted by Crippen LogP contribution is -2.50. The van der Waals surface area contributed by atoms with Gasteiger partial charge in [-0.25, -0.2) is 18.3 Å². The maximum absolute atomic E-state index is 14.1. The van der Waals surface area contributed by atoms with Gasteiger partial charge in [-0.1, -0.05) is 37.8 Å². The zero-order chi connectivity index (χ0) is 28.6. The Hall–Kier alpha value is -4.02. The van der Waals surface area contributed by atoms with Crippen LogP contribution in [0.4, 0.5) is 5.69 Å². The predicted molar refractivity (Wildman–Crippen MR) is 154 cm³/mol. The molecule has 1 unspecified atom stereocenters. The largest absolute Gasteiger partial charge is 0.497 e. The van der Waals surface area contributed by atoms with Gasteiger partial charge in [-0.2, -0.15) is 4.31 Å². The van der Waals surface area contributed by atoms with Crippen LogP contribution in [0.3, 0.4) is 0 Å². The molecule has 1 aliphatic heterocycles. The molecule has 2 amide bonds. The van der Waals surface area contributed by atoms with Crippen LogP contribution in [0.25, 0.3) is 22.6 Å². The Morgan fingerprint density at radius 1 is 0.902 bits per heavy atom. The number of ether oxygens (including phenoxy) is 1. The molecule has 6 rings (SSSR count). The highest BCUT2D eigenvalue weighted by atomic mass is 32.2. The van der Waals surface area contributed by atoms with Crippen molar-refractivity contribution < 1.29 is 27.2 Å². The first-order valence-electron chi connectivity index (χ1n) is 13.9. The van der Waals surface area contributed by atoms with Crippen molar-refractivity contribution in [3.05, 3.63) is 72.8 Å². The van der Waals surface area contributed by atoms with Gasteiger partial charge in [-0.05, 0) is 73.5 Å². The summed E-state index contributed by atoms with van der Waals surface area (Å²) in [6.45, 7) is 0. The molecule has 212 valence electrons. The minimum atomic E-state index is -4.09. The molecule has 0 radical (unpaired) electrons. The van der Waals surface area contributed by atoms with Crippen LogP contribution in [0, 0.1) is 0 Å². The van der Waals surface area contributed by atoms with Crippen LogP contribution in [0.2, 0.25) is 0 Å². The van der Waals surface area contributed by atoms with Crippen molar-refractivity contribution >= 4 is 38.6 Å². The predicted octanol–water partition coefficient (Wildman–Crippen LogP) is 5.55. The zero-order valence-electron chi connectivity index (χ0n) is 22.7. The molecule has 10 heteroatoms. The number of hydrogen-bond donors (Lipinski definition) is 0. The second-order valence-electron chi connectivity index (χ2n) is 10.5. The van der Waals surface area contributed by atoms with Crippen molar-refractivity contribution in [3.63, 3.8) is 0 Å². The van der Waals surface area contributed by atoms with Gasteiger partial charge in [0.15, 0.2) is 5.58 Å². The minimum absolute atomic E-state index is 0.0731. The number of methoxy groups -OCH3 is 1. The van der Waals surface area contributed by atoms with Gasteiger partial charge in [0.05, 0.1) is 24.1 Å². The van der Waals surface area contributed by atoms with Crippen molar-refractivity contribution in [2.45, 2.75) is 61.9 Å². The Bertz CT molecular complexity index is 1640. The van der Waals surface area contributed by atoms with E-state index in [1.807, 2.05) is 24.3 Å². The van der Waals surface area contributed by atoms with Crippen LogP contribution in [0.15, 0.2) is 82.1 Å².